The monoisotopic (exact) mass is 284 g/mol. The summed E-state index contributed by atoms with van der Waals surface area (Å²) in [5, 5.41) is 0. The number of hydrogen-bond acceptors (Lipinski definition) is 4. The number of para-hydroxylation sites is 2. The smallest absolute Gasteiger partial charge is 0.378 e. The van der Waals surface area contributed by atoms with Crippen LogP contribution < -0.4 is 9.47 Å². The molecule has 0 spiro atoms. The number of benzene rings is 2. The lowest BCUT2D eigenvalue weighted by Crippen LogP contribution is -2.21. The van der Waals surface area contributed by atoms with Gasteiger partial charge >= 0.3 is 5.97 Å². The second-order valence-electron chi connectivity index (χ2n) is 4.24. The van der Waals surface area contributed by atoms with E-state index in [4.69, 9.17) is 14.2 Å². The van der Waals surface area contributed by atoms with Crippen molar-refractivity contribution >= 4 is 5.97 Å². The number of carbonyl (C=O) groups excluding carboxylic acids is 1. The molecule has 4 nitrogen and oxygen atoms in total. The molecule has 0 saturated heterocycles. The van der Waals surface area contributed by atoms with Gasteiger partial charge in [-0.25, -0.2) is 4.79 Å². The molecule has 1 atom stereocenters. The number of rotatable bonds is 6. The van der Waals surface area contributed by atoms with E-state index in [0.29, 0.717) is 11.5 Å². The SMILES string of the molecule is C=C(OC(C)Oc1ccccc1)C(=O)Oc1ccccc1. The zero-order chi connectivity index (χ0) is 15.1. The Bertz CT molecular complexity index is 593. The molecule has 0 radical (unpaired) electrons. The fourth-order valence-corrected chi connectivity index (χ4v) is 1.62. The second-order valence-corrected chi connectivity index (χ2v) is 4.24. The lowest BCUT2D eigenvalue weighted by Gasteiger charge is -2.17. The van der Waals surface area contributed by atoms with Crippen molar-refractivity contribution in [2.45, 2.75) is 13.2 Å². The van der Waals surface area contributed by atoms with Crippen molar-refractivity contribution in [2.24, 2.45) is 0 Å². The van der Waals surface area contributed by atoms with Gasteiger partial charge in [0, 0.05) is 6.92 Å². The highest BCUT2D eigenvalue weighted by atomic mass is 16.7. The summed E-state index contributed by atoms with van der Waals surface area (Å²) in [6, 6.07) is 17.9. The normalized spacial score (nSPS) is 11.3. The molecule has 108 valence electrons. The van der Waals surface area contributed by atoms with Gasteiger partial charge in [-0.1, -0.05) is 36.4 Å². The highest BCUT2D eigenvalue weighted by Crippen LogP contribution is 2.15. The largest absolute Gasteiger partial charge is 0.455 e. The minimum absolute atomic E-state index is 0.109. The summed E-state index contributed by atoms with van der Waals surface area (Å²) in [4.78, 5) is 11.8. The molecular formula is C17H16O4. The average Bonchev–Trinajstić information content (AvgIpc) is 2.49. The predicted molar refractivity (Wildman–Crippen MR) is 78.8 cm³/mol. The van der Waals surface area contributed by atoms with Crippen molar-refractivity contribution in [3.05, 3.63) is 73.0 Å². The first-order chi connectivity index (χ1) is 10.1. The van der Waals surface area contributed by atoms with Crippen LogP contribution in [0.5, 0.6) is 11.5 Å². The van der Waals surface area contributed by atoms with E-state index in [-0.39, 0.29) is 5.76 Å². The number of carbonyl (C=O) groups is 1. The van der Waals surface area contributed by atoms with Gasteiger partial charge in [-0.3, -0.25) is 0 Å². The van der Waals surface area contributed by atoms with Gasteiger partial charge in [-0.05, 0) is 30.8 Å². The molecular weight excluding hydrogens is 268 g/mol. The summed E-state index contributed by atoms with van der Waals surface area (Å²) in [6.07, 6.45) is -0.650. The molecule has 2 aromatic rings. The summed E-state index contributed by atoms with van der Waals surface area (Å²) in [5.74, 6) is 0.324. The van der Waals surface area contributed by atoms with Crippen molar-refractivity contribution in [2.75, 3.05) is 0 Å². The van der Waals surface area contributed by atoms with Crippen molar-refractivity contribution in [1.82, 2.24) is 0 Å². The maximum Gasteiger partial charge on any atom is 0.378 e. The van der Waals surface area contributed by atoms with Crippen LogP contribution in [0.25, 0.3) is 0 Å². The van der Waals surface area contributed by atoms with Crippen LogP contribution in [0, 0.1) is 0 Å². The number of esters is 1. The molecule has 0 aliphatic carbocycles. The predicted octanol–water partition coefficient (Wildman–Crippen LogP) is 3.55. The Balaban J connectivity index is 1.84. The first-order valence-electron chi connectivity index (χ1n) is 6.49. The molecule has 0 heterocycles. The van der Waals surface area contributed by atoms with Gasteiger partial charge < -0.3 is 14.2 Å². The molecule has 0 N–H and O–H groups in total. The van der Waals surface area contributed by atoms with Crippen LogP contribution in [0.15, 0.2) is 73.0 Å². The van der Waals surface area contributed by atoms with Crippen molar-refractivity contribution in [3.8, 4) is 11.5 Å². The standard InChI is InChI=1S/C17H16O4/c1-13(17(18)21-16-11-7-4-8-12-16)19-14(2)20-15-9-5-3-6-10-15/h3-12,14H,1H2,2H3. The first kappa shape index (κ1) is 14.7. The Morgan fingerprint density at radius 1 is 0.952 bits per heavy atom. The summed E-state index contributed by atoms with van der Waals surface area (Å²) in [6.45, 7) is 5.23. The molecule has 4 heteroatoms. The van der Waals surface area contributed by atoms with Gasteiger partial charge in [0.2, 0.25) is 12.0 Å². The van der Waals surface area contributed by atoms with Crippen LogP contribution in [0.2, 0.25) is 0 Å². The lowest BCUT2D eigenvalue weighted by molar-refractivity contribution is -0.138. The minimum Gasteiger partial charge on any atom is -0.455 e. The molecule has 2 aromatic carbocycles. The summed E-state index contributed by atoms with van der Waals surface area (Å²) < 4.78 is 15.9. The Kier molecular flexibility index (Phi) is 4.99. The van der Waals surface area contributed by atoms with Crippen LogP contribution >= 0.6 is 0 Å². The molecule has 21 heavy (non-hydrogen) atoms. The van der Waals surface area contributed by atoms with E-state index >= 15 is 0 Å². The van der Waals surface area contributed by atoms with E-state index in [1.54, 1.807) is 43.3 Å². The maximum atomic E-state index is 11.8. The Morgan fingerprint density at radius 2 is 1.48 bits per heavy atom. The lowest BCUT2D eigenvalue weighted by atomic mass is 10.3. The fourth-order valence-electron chi connectivity index (χ4n) is 1.62. The molecule has 0 aromatic heterocycles. The highest BCUT2D eigenvalue weighted by molar-refractivity contribution is 5.87. The van der Waals surface area contributed by atoms with E-state index in [1.807, 2.05) is 24.3 Å². The molecule has 2 rings (SSSR count). The quantitative estimate of drug-likeness (QED) is 0.267. The molecule has 0 aliphatic rings. The molecule has 0 saturated carbocycles. The molecule has 0 fully saturated rings. The zero-order valence-electron chi connectivity index (χ0n) is 11.7. The van der Waals surface area contributed by atoms with Crippen molar-refractivity contribution < 1.29 is 19.0 Å². The van der Waals surface area contributed by atoms with Crippen LogP contribution in [0.4, 0.5) is 0 Å². The van der Waals surface area contributed by atoms with Gasteiger partial charge in [-0.2, -0.15) is 0 Å². The van der Waals surface area contributed by atoms with E-state index in [0.717, 1.165) is 0 Å². The topological polar surface area (TPSA) is 44.8 Å². The van der Waals surface area contributed by atoms with Crippen molar-refractivity contribution in [1.29, 1.82) is 0 Å². The van der Waals surface area contributed by atoms with Gasteiger partial charge in [0.25, 0.3) is 0 Å². The third-order valence-corrected chi connectivity index (χ3v) is 2.53. The molecule has 0 bridgehead atoms. The Hall–Kier alpha value is -2.75. The summed E-state index contributed by atoms with van der Waals surface area (Å²) in [7, 11) is 0. The first-order valence-corrected chi connectivity index (χ1v) is 6.49. The minimum atomic E-state index is -0.650. The fraction of sp³-hybridized carbons (Fsp3) is 0.118. The summed E-state index contributed by atoms with van der Waals surface area (Å²) >= 11 is 0. The molecule has 1 unspecified atom stereocenters. The van der Waals surface area contributed by atoms with Gasteiger partial charge in [-0.15, -0.1) is 0 Å². The van der Waals surface area contributed by atoms with E-state index in [2.05, 4.69) is 6.58 Å². The molecule has 0 amide bonds. The third kappa shape index (κ3) is 4.69. The van der Waals surface area contributed by atoms with E-state index in [9.17, 15) is 4.79 Å². The molecule has 0 aliphatic heterocycles. The van der Waals surface area contributed by atoms with E-state index < -0.39 is 12.3 Å². The number of ether oxygens (including phenoxy) is 3. The van der Waals surface area contributed by atoms with Crippen LogP contribution in [-0.4, -0.2) is 12.3 Å². The van der Waals surface area contributed by atoms with Crippen LogP contribution in [-0.2, 0) is 9.53 Å². The van der Waals surface area contributed by atoms with Gasteiger partial charge in [0.15, 0.2) is 0 Å². The maximum absolute atomic E-state index is 11.8. The third-order valence-electron chi connectivity index (χ3n) is 2.53. The Morgan fingerprint density at radius 3 is 2.05 bits per heavy atom. The van der Waals surface area contributed by atoms with Gasteiger partial charge in [0.05, 0.1) is 0 Å². The summed E-state index contributed by atoms with van der Waals surface area (Å²) in [5.41, 5.74) is 0. The highest BCUT2D eigenvalue weighted by Gasteiger charge is 2.15. The van der Waals surface area contributed by atoms with Gasteiger partial charge in [0.1, 0.15) is 11.5 Å². The van der Waals surface area contributed by atoms with E-state index in [1.165, 1.54) is 0 Å². The average molecular weight is 284 g/mol. The van der Waals surface area contributed by atoms with Crippen molar-refractivity contribution in [3.63, 3.8) is 0 Å². The van der Waals surface area contributed by atoms with Crippen LogP contribution in [0.1, 0.15) is 6.92 Å². The van der Waals surface area contributed by atoms with Crippen LogP contribution in [0.3, 0.4) is 0 Å². The zero-order valence-corrected chi connectivity index (χ0v) is 11.7. The number of hydrogen-bond donors (Lipinski definition) is 0. The Labute approximate surface area is 123 Å². The second kappa shape index (κ2) is 7.14.